The first-order valence-electron chi connectivity index (χ1n) is 10.4. The van der Waals surface area contributed by atoms with Gasteiger partial charge in [-0.3, -0.25) is 4.79 Å². The molecule has 1 N–H and O–H groups in total. The number of hydrogen-bond acceptors (Lipinski definition) is 3. The molecule has 30 heavy (non-hydrogen) atoms. The summed E-state index contributed by atoms with van der Waals surface area (Å²) in [6.07, 6.45) is -3.24. The van der Waals surface area contributed by atoms with E-state index in [1.165, 1.54) is 0 Å². The Morgan fingerprint density at radius 3 is 2.43 bits per heavy atom. The predicted octanol–water partition coefficient (Wildman–Crippen LogP) is 2.39. The molecule has 5 rings (SSSR count). The van der Waals surface area contributed by atoms with Crippen LogP contribution in [0.15, 0.2) is 24.3 Å². The van der Waals surface area contributed by atoms with Gasteiger partial charge in [-0.1, -0.05) is 24.3 Å². The van der Waals surface area contributed by atoms with Crippen molar-refractivity contribution in [1.82, 2.24) is 15.1 Å². The minimum atomic E-state index is -4.20. The maximum Gasteiger partial charge on any atom is 0.398 e. The van der Waals surface area contributed by atoms with E-state index in [2.05, 4.69) is 5.32 Å². The van der Waals surface area contributed by atoms with Crippen LogP contribution in [-0.2, 0) is 14.9 Å². The Hall–Kier alpha value is -2.29. The zero-order chi connectivity index (χ0) is 21.1. The Morgan fingerprint density at radius 2 is 1.80 bits per heavy atom. The van der Waals surface area contributed by atoms with Crippen molar-refractivity contribution in [1.29, 1.82) is 0 Å². The predicted molar refractivity (Wildman–Crippen MR) is 101 cm³/mol. The second-order valence-electron chi connectivity index (χ2n) is 8.84. The monoisotopic (exact) mass is 423 g/mol. The van der Waals surface area contributed by atoms with Crippen LogP contribution in [0.3, 0.4) is 0 Å². The van der Waals surface area contributed by atoms with Crippen LogP contribution < -0.4 is 5.32 Å². The van der Waals surface area contributed by atoms with Gasteiger partial charge >= 0.3 is 12.2 Å². The number of urea groups is 1. The summed E-state index contributed by atoms with van der Waals surface area (Å²) in [6.45, 7) is 2.20. The van der Waals surface area contributed by atoms with Crippen LogP contribution in [0.4, 0.5) is 18.0 Å². The minimum absolute atomic E-state index is 0.0409. The lowest BCUT2D eigenvalue weighted by atomic mass is 9.88. The van der Waals surface area contributed by atoms with Gasteiger partial charge in [0.15, 0.2) is 0 Å². The van der Waals surface area contributed by atoms with Crippen LogP contribution >= 0.6 is 0 Å². The molecule has 1 saturated carbocycles. The molecule has 162 valence electrons. The standard InChI is InChI=1S/C21H24F3N3O3/c22-21(23,24)20(6-7-20)15-3-1-13(2-4-15)14-9-27(10-14)19(29)26-8-5-17-16(11-26)25-18(28)12-30-17/h1-4,14,16-17H,5-12H2,(H,25,28)/t16-,17-/m0/s1. The summed E-state index contributed by atoms with van der Waals surface area (Å²) in [5, 5.41) is 2.89. The third-order valence-corrected chi connectivity index (χ3v) is 6.97. The molecule has 0 aromatic heterocycles. The fourth-order valence-electron chi connectivity index (χ4n) is 4.85. The fraction of sp³-hybridized carbons (Fsp3) is 0.619. The van der Waals surface area contributed by atoms with Gasteiger partial charge in [0.25, 0.3) is 0 Å². The Balaban J connectivity index is 1.17. The lowest BCUT2D eigenvalue weighted by Crippen LogP contribution is -2.63. The van der Waals surface area contributed by atoms with Crippen LogP contribution in [0.2, 0.25) is 0 Å². The number of morpholine rings is 1. The number of piperidine rings is 1. The molecule has 0 bridgehead atoms. The summed E-state index contributed by atoms with van der Waals surface area (Å²) in [5.74, 6) is -0.0178. The van der Waals surface area contributed by atoms with Crippen molar-refractivity contribution in [3.8, 4) is 0 Å². The van der Waals surface area contributed by atoms with E-state index >= 15 is 0 Å². The Kier molecular flexibility index (Phi) is 4.50. The molecule has 1 aromatic rings. The Bertz CT molecular complexity index is 847. The maximum absolute atomic E-state index is 13.3. The molecule has 3 heterocycles. The average molecular weight is 423 g/mol. The van der Waals surface area contributed by atoms with Crippen molar-refractivity contribution in [2.24, 2.45) is 0 Å². The third kappa shape index (κ3) is 3.23. The SMILES string of the molecule is O=C1CO[C@H]2CCN(C(=O)N3CC(c4ccc(C5(C(F)(F)F)CC5)cc4)C3)C[C@@H]2N1. The topological polar surface area (TPSA) is 61.9 Å². The number of nitrogens with zero attached hydrogens (tertiary/aromatic N) is 2. The summed E-state index contributed by atoms with van der Waals surface area (Å²) in [6, 6.07) is 6.50. The highest BCUT2D eigenvalue weighted by molar-refractivity contribution is 5.79. The molecule has 4 aliphatic rings. The molecular weight excluding hydrogens is 399 g/mol. The van der Waals surface area contributed by atoms with E-state index in [0.717, 1.165) is 5.56 Å². The number of ether oxygens (including phenoxy) is 1. The van der Waals surface area contributed by atoms with E-state index in [9.17, 15) is 22.8 Å². The van der Waals surface area contributed by atoms with Gasteiger partial charge in [-0.25, -0.2) is 4.79 Å². The molecule has 3 amide bonds. The van der Waals surface area contributed by atoms with Gasteiger partial charge in [-0.05, 0) is 30.4 Å². The number of likely N-dealkylation sites (tertiary alicyclic amines) is 2. The number of carbonyl (C=O) groups is 2. The number of rotatable bonds is 2. The van der Waals surface area contributed by atoms with E-state index in [0.29, 0.717) is 38.2 Å². The second-order valence-corrected chi connectivity index (χ2v) is 8.84. The number of benzene rings is 1. The summed E-state index contributed by atoms with van der Waals surface area (Å²) in [4.78, 5) is 27.8. The third-order valence-electron chi connectivity index (χ3n) is 6.97. The quantitative estimate of drug-likeness (QED) is 0.795. The number of halogens is 3. The average Bonchev–Trinajstić information content (AvgIpc) is 3.49. The van der Waals surface area contributed by atoms with E-state index in [1.54, 1.807) is 34.1 Å². The van der Waals surface area contributed by atoms with Crippen LogP contribution in [0, 0.1) is 0 Å². The Morgan fingerprint density at radius 1 is 1.10 bits per heavy atom. The van der Waals surface area contributed by atoms with Crippen molar-refractivity contribution in [2.75, 3.05) is 32.8 Å². The van der Waals surface area contributed by atoms with Gasteiger partial charge in [0.2, 0.25) is 5.91 Å². The van der Waals surface area contributed by atoms with Crippen LogP contribution in [0.1, 0.15) is 36.3 Å². The number of hydrogen-bond donors (Lipinski definition) is 1. The highest BCUT2D eigenvalue weighted by atomic mass is 19.4. The van der Waals surface area contributed by atoms with Crippen LogP contribution in [-0.4, -0.2) is 72.8 Å². The first-order valence-corrected chi connectivity index (χ1v) is 10.4. The summed E-state index contributed by atoms with van der Waals surface area (Å²) >= 11 is 0. The van der Waals surface area contributed by atoms with Crippen molar-refractivity contribution in [3.05, 3.63) is 35.4 Å². The largest absolute Gasteiger partial charge is 0.398 e. The zero-order valence-electron chi connectivity index (χ0n) is 16.5. The summed E-state index contributed by atoms with van der Waals surface area (Å²) < 4.78 is 45.4. The molecule has 9 heteroatoms. The zero-order valence-corrected chi connectivity index (χ0v) is 16.5. The first-order chi connectivity index (χ1) is 14.3. The van der Waals surface area contributed by atoms with Gasteiger partial charge in [0, 0.05) is 32.1 Å². The molecule has 3 saturated heterocycles. The van der Waals surface area contributed by atoms with Gasteiger partial charge in [0.1, 0.15) is 6.61 Å². The van der Waals surface area contributed by atoms with Crippen molar-refractivity contribution in [3.63, 3.8) is 0 Å². The molecule has 3 aliphatic heterocycles. The van der Waals surface area contributed by atoms with Crippen LogP contribution in [0.25, 0.3) is 0 Å². The number of alkyl halides is 3. The highest BCUT2D eigenvalue weighted by Gasteiger charge is 2.64. The number of fused-ring (bicyclic) bond motifs is 1. The molecular formula is C21H24F3N3O3. The second kappa shape index (κ2) is 6.87. The van der Waals surface area contributed by atoms with E-state index in [1.807, 2.05) is 0 Å². The molecule has 2 atom stereocenters. The summed E-state index contributed by atoms with van der Waals surface area (Å²) in [5.41, 5.74) is -0.351. The van der Waals surface area contributed by atoms with E-state index in [4.69, 9.17) is 4.74 Å². The van der Waals surface area contributed by atoms with Crippen molar-refractivity contribution in [2.45, 2.75) is 48.9 Å². The Labute approximate surface area is 172 Å². The van der Waals surface area contributed by atoms with Gasteiger partial charge < -0.3 is 19.9 Å². The fourth-order valence-corrected chi connectivity index (χ4v) is 4.85. The lowest BCUT2D eigenvalue weighted by molar-refractivity contribution is -0.160. The minimum Gasteiger partial charge on any atom is -0.366 e. The highest BCUT2D eigenvalue weighted by Crippen LogP contribution is 2.58. The van der Waals surface area contributed by atoms with E-state index < -0.39 is 11.6 Å². The number of amides is 3. The maximum atomic E-state index is 13.3. The summed E-state index contributed by atoms with van der Waals surface area (Å²) in [7, 11) is 0. The molecule has 0 radical (unpaired) electrons. The van der Waals surface area contributed by atoms with Gasteiger partial charge in [-0.15, -0.1) is 0 Å². The normalized spacial score (nSPS) is 28.4. The van der Waals surface area contributed by atoms with Crippen molar-refractivity contribution < 1.29 is 27.5 Å². The molecule has 1 aromatic carbocycles. The molecule has 6 nitrogen and oxygen atoms in total. The van der Waals surface area contributed by atoms with Crippen molar-refractivity contribution >= 4 is 11.9 Å². The van der Waals surface area contributed by atoms with Gasteiger partial charge in [0.05, 0.1) is 17.6 Å². The van der Waals surface area contributed by atoms with Crippen LogP contribution in [0.5, 0.6) is 0 Å². The molecule has 0 spiro atoms. The molecule has 1 aliphatic carbocycles. The number of carbonyl (C=O) groups excluding carboxylic acids is 2. The van der Waals surface area contributed by atoms with Gasteiger partial charge in [-0.2, -0.15) is 13.2 Å². The lowest BCUT2D eigenvalue weighted by Gasteiger charge is -2.46. The molecule has 0 unspecified atom stereocenters. The smallest absolute Gasteiger partial charge is 0.366 e. The molecule has 4 fully saturated rings. The number of nitrogens with one attached hydrogen (secondary N) is 1. The first kappa shape index (κ1) is 19.7. The van der Waals surface area contributed by atoms with E-state index in [-0.39, 0.29) is 49.5 Å².